The van der Waals surface area contributed by atoms with E-state index in [0.717, 1.165) is 4.90 Å². The zero-order valence-electron chi connectivity index (χ0n) is 19.7. The number of carbonyl (C=O) groups excluding carboxylic acids is 4. The minimum absolute atomic E-state index is 0.134. The van der Waals surface area contributed by atoms with Crippen molar-refractivity contribution in [2.45, 2.75) is 20.0 Å². The van der Waals surface area contributed by atoms with E-state index in [1.807, 2.05) is 0 Å². The molecule has 0 aromatic heterocycles. The van der Waals surface area contributed by atoms with Crippen LogP contribution in [0.1, 0.15) is 34.6 Å². The Kier molecular flexibility index (Phi) is 7.61. The van der Waals surface area contributed by atoms with Crippen LogP contribution in [0.3, 0.4) is 0 Å². The molecule has 3 aromatic carbocycles. The lowest BCUT2D eigenvalue weighted by molar-refractivity contribution is -0.120. The van der Waals surface area contributed by atoms with Crippen LogP contribution in [0, 0.1) is 0 Å². The third kappa shape index (κ3) is 5.82. The summed E-state index contributed by atoms with van der Waals surface area (Å²) in [5.41, 5.74) is 1.64. The van der Waals surface area contributed by atoms with Crippen molar-refractivity contribution < 1.29 is 23.9 Å². The molecule has 0 spiro atoms. The van der Waals surface area contributed by atoms with Gasteiger partial charge in [-0.25, -0.2) is 9.69 Å². The number of halogens is 2. The van der Waals surface area contributed by atoms with Crippen LogP contribution in [0.2, 0.25) is 5.02 Å². The summed E-state index contributed by atoms with van der Waals surface area (Å²) >= 11 is 12.1. The van der Waals surface area contributed by atoms with Gasteiger partial charge in [-0.2, -0.15) is 0 Å². The van der Waals surface area contributed by atoms with Gasteiger partial charge >= 0.3 is 5.97 Å². The van der Waals surface area contributed by atoms with E-state index in [2.05, 4.69) is 10.6 Å². The summed E-state index contributed by atoms with van der Waals surface area (Å²) in [7, 11) is 0. The Hall–Kier alpha value is -4.14. The van der Waals surface area contributed by atoms with Gasteiger partial charge in [0.25, 0.3) is 17.7 Å². The smallest absolute Gasteiger partial charge is 0.338 e. The second-order valence-electron chi connectivity index (χ2n) is 8.30. The van der Waals surface area contributed by atoms with Crippen molar-refractivity contribution in [1.82, 2.24) is 0 Å². The van der Waals surface area contributed by atoms with Gasteiger partial charge in [0, 0.05) is 22.0 Å². The highest BCUT2D eigenvalue weighted by Crippen LogP contribution is 2.30. The third-order valence-electron chi connectivity index (χ3n) is 5.23. The second kappa shape index (κ2) is 10.9. The van der Waals surface area contributed by atoms with Crippen molar-refractivity contribution in [3.05, 3.63) is 99.7 Å². The van der Waals surface area contributed by atoms with Gasteiger partial charge in [-0.1, -0.05) is 29.3 Å². The standard InChI is InChI=1S/C27H21Cl2N3O5/c1-15(2)37-27(36)16-6-12-21(13-7-16)32-25(34)22(29)23(26(32)35)30-20-5-3-4-17(14-20)24(33)31-19-10-8-18(28)9-11-19/h3-15,30H,1-2H3,(H,31,33). The average Bonchev–Trinajstić information content (AvgIpc) is 3.08. The van der Waals surface area contributed by atoms with E-state index >= 15 is 0 Å². The fraction of sp³-hybridized carbons (Fsp3) is 0.111. The van der Waals surface area contributed by atoms with Crippen LogP contribution < -0.4 is 15.5 Å². The predicted octanol–water partition coefficient (Wildman–Crippen LogP) is 5.59. The van der Waals surface area contributed by atoms with Crippen molar-refractivity contribution >= 4 is 64.0 Å². The van der Waals surface area contributed by atoms with Gasteiger partial charge in [-0.15, -0.1) is 0 Å². The summed E-state index contributed by atoms with van der Waals surface area (Å²) in [6.07, 6.45) is -0.285. The molecular formula is C27H21Cl2N3O5. The monoisotopic (exact) mass is 537 g/mol. The van der Waals surface area contributed by atoms with Gasteiger partial charge in [-0.3, -0.25) is 14.4 Å². The van der Waals surface area contributed by atoms with Gasteiger partial charge in [-0.05, 0) is 80.6 Å². The van der Waals surface area contributed by atoms with Crippen LogP contribution in [0.5, 0.6) is 0 Å². The average molecular weight is 538 g/mol. The quantitative estimate of drug-likeness (QED) is 0.300. The first-order chi connectivity index (χ1) is 17.6. The Morgan fingerprint density at radius 3 is 2.16 bits per heavy atom. The lowest BCUT2D eigenvalue weighted by atomic mass is 10.1. The van der Waals surface area contributed by atoms with Crippen LogP contribution in [0.15, 0.2) is 83.5 Å². The fourth-order valence-electron chi connectivity index (χ4n) is 3.49. The lowest BCUT2D eigenvalue weighted by Crippen LogP contribution is -2.32. The molecule has 0 radical (unpaired) electrons. The first kappa shape index (κ1) is 25.9. The molecule has 0 bridgehead atoms. The summed E-state index contributed by atoms with van der Waals surface area (Å²) in [5, 5.41) is 5.85. The predicted molar refractivity (Wildman–Crippen MR) is 142 cm³/mol. The second-order valence-corrected chi connectivity index (χ2v) is 9.12. The highest BCUT2D eigenvalue weighted by molar-refractivity contribution is 6.53. The molecule has 2 N–H and O–H groups in total. The molecule has 1 heterocycles. The number of anilines is 3. The number of nitrogens with zero attached hydrogens (tertiary/aromatic N) is 1. The van der Waals surface area contributed by atoms with Crippen LogP contribution in [0.25, 0.3) is 0 Å². The Balaban J connectivity index is 1.49. The number of amides is 3. The molecule has 10 heteroatoms. The number of hydrogen-bond acceptors (Lipinski definition) is 6. The van der Waals surface area contributed by atoms with Gasteiger partial charge in [0.1, 0.15) is 10.7 Å². The fourth-order valence-corrected chi connectivity index (χ4v) is 3.83. The highest BCUT2D eigenvalue weighted by atomic mass is 35.5. The largest absolute Gasteiger partial charge is 0.459 e. The van der Waals surface area contributed by atoms with Gasteiger partial charge in [0.2, 0.25) is 0 Å². The maximum absolute atomic E-state index is 13.1. The first-order valence-electron chi connectivity index (χ1n) is 11.2. The maximum atomic E-state index is 13.1. The molecule has 0 aliphatic carbocycles. The molecular weight excluding hydrogens is 517 g/mol. The molecule has 4 rings (SSSR count). The summed E-state index contributed by atoms with van der Waals surface area (Å²) in [6.45, 7) is 3.47. The van der Waals surface area contributed by atoms with E-state index in [9.17, 15) is 19.2 Å². The molecule has 3 aromatic rings. The number of imide groups is 1. The number of carbonyl (C=O) groups is 4. The van der Waals surface area contributed by atoms with E-state index in [0.29, 0.717) is 22.0 Å². The maximum Gasteiger partial charge on any atom is 0.338 e. The molecule has 188 valence electrons. The number of hydrogen-bond donors (Lipinski definition) is 2. The Morgan fingerprint density at radius 2 is 1.51 bits per heavy atom. The van der Waals surface area contributed by atoms with E-state index in [1.165, 1.54) is 30.3 Å². The molecule has 0 fully saturated rings. The molecule has 0 atom stereocenters. The molecule has 0 saturated carbocycles. The topological polar surface area (TPSA) is 105 Å². The van der Waals surface area contributed by atoms with E-state index < -0.39 is 17.8 Å². The number of rotatable bonds is 7. The summed E-state index contributed by atoms with van der Waals surface area (Å²) < 4.78 is 5.15. The Bertz CT molecular complexity index is 1420. The lowest BCUT2D eigenvalue weighted by Gasteiger charge is -2.16. The molecule has 3 amide bonds. The molecule has 1 aliphatic rings. The number of benzene rings is 3. The van der Waals surface area contributed by atoms with Crippen molar-refractivity contribution in [3.63, 3.8) is 0 Å². The van der Waals surface area contributed by atoms with E-state index in [-0.39, 0.29) is 34.0 Å². The van der Waals surface area contributed by atoms with E-state index in [1.54, 1.807) is 56.3 Å². The summed E-state index contributed by atoms with van der Waals surface area (Å²) in [4.78, 5) is 51.5. The first-order valence-corrected chi connectivity index (χ1v) is 11.9. The normalized spacial score (nSPS) is 13.3. The van der Waals surface area contributed by atoms with Gasteiger partial charge in [0.05, 0.1) is 17.4 Å². The highest BCUT2D eigenvalue weighted by Gasteiger charge is 2.39. The summed E-state index contributed by atoms with van der Waals surface area (Å²) in [5.74, 6) is -2.29. The zero-order chi connectivity index (χ0) is 26.7. The molecule has 0 unspecified atom stereocenters. The number of esters is 1. The number of nitrogens with one attached hydrogen (secondary N) is 2. The van der Waals surface area contributed by atoms with Crippen LogP contribution in [0.4, 0.5) is 17.1 Å². The van der Waals surface area contributed by atoms with Crippen LogP contribution in [-0.4, -0.2) is 29.8 Å². The molecule has 37 heavy (non-hydrogen) atoms. The van der Waals surface area contributed by atoms with E-state index in [4.69, 9.17) is 27.9 Å². The zero-order valence-corrected chi connectivity index (χ0v) is 21.3. The number of ether oxygens (including phenoxy) is 1. The summed E-state index contributed by atoms with van der Waals surface area (Å²) in [6, 6.07) is 18.9. The van der Waals surface area contributed by atoms with Crippen LogP contribution >= 0.6 is 23.2 Å². The molecule has 1 aliphatic heterocycles. The Labute approximate surface area is 222 Å². The minimum atomic E-state index is -0.719. The third-order valence-corrected chi connectivity index (χ3v) is 5.83. The van der Waals surface area contributed by atoms with Crippen LogP contribution in [-0.2, 0) is 14.3 Å². The Morgan fingerprint density at radius 1 is 0.838 bits per heavy atom. The van der Waals surface area contributed by atoms with Crippen molar-refractivity contribution in [2.24, 2.45) is 0 Å². The van der Waals surface area contributed by atoms with Crippen molar-refractivity contribution in [1.29, 1.82) is 0 Å². The molecule has 8 nitrogen and oxygen atoms in total. The molecule has 0 saturated heterocycles. The van der Waals surface area contributed by atoms with Gasteiger partial charge in [0.15, 0.2) is 0 Å². The van der Waals surface area contributed by atoms with Crippen molar-refractivity contribution in [2.75, 3.05) is 15.5 Å². The van der Waals surface area contributed by atoms with Gasteiger partial charge < -0.3 is 15.4 Å². The van der Waals surface area contributed by atoms with Crippen molar-refractivity contribution in [3.8, 4) is 0 Å². The minimum Gasteiger partial charge on any atom is -0.459 e. The SMILES string of the molecule is CC(C)OC(=O)c1ccc(N2C(=O)C(Cl)=C(Nc3cccc(C(=O)Nc4ccc(Cl)cc4)c3)C2=O)cc1.